The Balaban J connectivity index is 1.77. The van der Waals surface area contributed by atoms with E-state index < -0.39 is 5.97 Å². The van der Waals surface area contributed by atoms with Crippen LogP contribution in [0.5, 0.6) is 5.75 Å². The summed E-state index contributed by atoms with van der Waals surface area (Å²) in [7, 11) is 0. The molecule has 0 aliphatic carbocycles. The molecular formula is C21H22N2O4. The maximum Gasteiger partial charge on any atom is 0.325 e. The number of hydrogen-bond donors (Lipinski definition) is 1. The summed E-state index contributed by atoms with van der Waals surface area (Å²) in [5.41, 5.74) is 1.51. The van der Waals surface area contributed by atoms with Crippen LogP contribution in [0, 0.1) is 11.3 Å². The second-order valence-electron chi connectivity index (χ2n) is 5.84. The molecule has 0 aliphatic rings. The minimum atomic E-state index is -0.574. The zero-order valence-electron chi connectivity index (χ0n) is 15.2. The number of unbranched alkanes of at least 4 members (excludes halogenated alkanes) is 1. The van der Waals surface area contributed by atoms with E-state index in [-0.39, 0.29) is 19.1 Å². The van der Waals surface area contributed by atoms with Gasteiger partial charge in [0, 0.05) is 11.1 Å². The average molecular weight is 366 g/mol. The van der Waals surface area contributed by atoms with Crippen molar-refractivity contribution in [3.63, 3.8) is 0 Å². The highest BCUT2D eigenvalue weighted by Crippen LogP contribution is 2.13. The van der Waals surface area contributed by atoms with Gasteiger partial charge in [0.15, 0.2) is 0 Å². The fourth-order valence-electron chi connectivity index (χ4n) is 2.26. The van der Waals surface area contributed by atoms with E-state index in [1.165, 1.54) is 0 Å². The van der Waals surface area contributed by atoms with Crippen molar-refractivity contribution in [2.24, 2.45) is 0 Å². The molecule has 6 heteroatoms. The quantitative estimate of drug-likeness (QED) is 0.544. The third-order valence-electron chi connectivity index (χ3n) is 3.80. The number of esters is 1. The molecule has 0 spiro atoms. The van der Waals surface area contributed by atoms with Crippen LogP contribution < -0.4 is 10.1 Å². The number of benzene rings is 2. The van der Waals surface area contributed by atoms with Gasteiger partial charge in [0.25, 0.3) is 5.91 Å². The minimum Gasteiger partial charge on any atom is -0.494 e. The van der Waals surface area contributed by atoms with E-state index in [4.69, 9.17) is 14.7 Å². The molecule has 2 rings (SSSR count). The molecule has 0 aromatic heterocycles. The lowest BCUT2D eigenvalue weighted by molar-refractivity contribution is -0.143. The van der Waals surface area contributed by atoms with E-state index in [1.54, 1.807) is 48.5 Å². The zero-order valence-corrected chi connectivity index (χ0v) is 15.2. The second-order valence-corrected chi connectivity index (χ2v) is 5.84. The van der Waals surface area contributed by atoms with Crippen molar-refractivity contribution < 1.29 is 19.1 Å². The fourth-order valence-corrected chi connectivity index (χ4v) is 2.26. The number of ether oxygens (including phenoxy) is 2. The Labute approximate surface area is 158 Å². The second kappa shape index (κ2) is 10.6. The minimum absolute atomic E-state index is 0.0117. The predicted octanol–water partition coefficient (Wildman–Crippen LogP) is 3.21. The molecule has 0 saturated carbocycles. The van der Waals surface area contributed by atoms with E-state index in [9.17, 15) is 9.59 Å². The van der Waals surface area contributed by atoms with E-state index >= 15 is 0 Å². The molecule has 0 atom stereocenters. The first-order valence-electron chi connectivity index (χ1n) is 8.78. The molecule has 6 nitrogen and oxygen atoms in total. The number of rotatable bonds is 9. The Hall–Kier alpha value is -3.33. The van der Waals surface area contributed by atoms with Gasteiger partial charge in [0.1, 0.15) is 18.9 Å². The Morgan fingerprint density at radius 1 is 1.11 bits per heavy atom. The van der Waals surface area contributed by atoms with Crippen LogP contribution in [0.1, 0.15) is 41.3 Å². The fraction of sp³-hybridized carbons (Fsp3) is 0.286. The van der Waals surface area contributed by atoms with Crippen LogP contribution in [0.25, 0.3) is 0 Å². The summed E-state index contributed by atoms with van der Waals surface area (Å²) < 4.78 is 10.6. The van der Waals surface area contributed by atoms with Gasteiger partial charge >= 0.3 is 5.97 Å². The van der Waals surface area contributed by atoms with Crippen LogP contribution in [0.15, 0.2) is 48.5 Å². The summed E-state index contributed by atoms with van der Waals surface area (Å²) in [6.45, 7) is 2.47. The van der Waals surface area contributed by atoms with E-state index in [0.717, 1.165) is 12.8 Å². The highest BCUT2D eigenvalue weighted by Gasteiger charge is 2.10. The number of carbonyl (C=O) groups is 2. The van der Waals surface area contributed by atoms with Crippen molar-refractivity contribution in [1.29, 1.82) is 5.26 Å². The molecule has 0 radical (unpaired) electrons. The summed E-state index contributed by atoms with van der Waals surface area (Å²) in [4.78, 5) is 23.9. The van der Waals surface area contributed by atoms with Crippen molar-refractivity contribution in [3.8, 4) is 11.8 Å². The molecule has 140 valence electrons. The van der Waals surface area contributed by atoms with Crippen molar-refractivity contribution in [2.75, 3.05) is 13.2 Å². The molecule has 0 saturated heterocycles. The summed E-state index contributed by atoms with van der Waals surface area (Å²) in [6, 6.07) is 15.7. The van der Waals surface area contributed by atoms with E-state index in [2.05, 4.69) is 12.2 Å². The number of nitriles is 1. The van der Waals surface area contributed by atoms with Gasteiger partial charge in [-0.1, -0.05) is 31.5 Å². The lowest BCUT2D eigenvalue weighted by Gasteiger charge is -2.08. The van der Waals surface area contributed by atoms with Gasteiger partial charge in [-0.25, -0.2) is 0 Å². The molecule has 1 amide bonds. The van der Waals surface area contributed by atoms with Gasteiger partial charge in [-0.3, -0.25) is 9.59 Å². The normalized spacial score (nSPS) is 9.93. The highest BCUT2D eigenvalue weighted by molar-refractivity contribution is 5.96. The van der Waals surface area contributed by atoms with Crippen molar-refractivity contribution in [1.82, 2.24) is 5.32 Å². The lowest BCUT2D eigenvalue weighted by atomic mass is 10.1. The van der Waals surface area contributed by atoms with Gasteiger partial charge < -0.3 is 14.8 Å². The highest BCUT2D eigenvalue weighted by atomic mass is 16.5. The molecule has 0 bridgehead atoms. The SMILES string of the molecule is CCCCOc1ccc(C(=O)NCC(=O)OCc2ccccc2C#N)cc1. The van der Waals surface area contributed by atoms with Crippen molar-refractivity contribution >= 4 is 11.9 Å². The topological polar surface area (TPSA) is 88.4 Å². The third kappa shape index (κ3) is 6.48. The predicted molar refractivity (Wildman–Crippen MR) is 100 cm³/mol. The largest absolute Gasteiger partial charge is 0.494 e. The Morgan fingerprint density at radius 2 is 1.85 bits per heavy atom. The Bertz CT molecular complexity index is 810. The third-order valence-corrected chi connectivity index (χ3v) is 3.80. The van der Waals surface area contributed by atoms with E-state index in [1.807, 2.05) is 6.07 Å². The first kappa shape index (κ1) is 20.0. The standard InChI is InChI=1S/C21H22N2O4/c1-2-3-12-26-19-10-8-16(9-11-19)21(25)23-14-20(24)27-15-18-7-5-4-6-17(18)13-22/h4-11H,2-3,12,14-15H2,1H3,(H,23,25). The monoisotopic (exact) mass is 366 g/mol. The summed E-state index contributed by atoms with van der Waals surface area (Å²) in [5, 5.41) is 11.5. The summed E-state index contributed by atoms with van der Waals surface area (Å²) >= 11 is 0. The van der Waals surface area contributed by atoms with Crippen LogP contribution in [0.4, 0.5) is 0 Å². The molecular weight excluding hydrogens is 344 g/mol. The van der Waals surface area contributed by atoms with Gasteiger partial charge in [-0.15, -0.1) is 0 Å². The van der Waals surface area contributed by atoms with Crippen LogP contribution >= 0.6 is 0 Å². The average Bonchev–Trinajstić information content (AvgIpc) is 2.71. The van der Waals surface area contributed by atoms with E-state index in [0.29, 0.717) is 29.0 Å². The summed E-state index contributed by atoms with van der Waals surface area (Å²) in [6.07, 6.45) is 2.03. The maximum absolute atomic E-state index is 12.1. The molecule has 0 unspecified atom stereocenters. The Kier molecular flexibility index (Phi) is 7.86. The van der Waals surface area contributed by atoms with Crippen LogP contribution in [0.3, 0.4) is 0 Å². The Morgan fingerprint density at radius 3 is 2.56 bits per heavy atom. The van der Waals surface area contributed by atoms with Crippen LogP contribution in [-0.4, -0.2) is 25.0 Å². The van der Waals surface area contributed by atoms with Gasteiger partial charge in [0.05, 0.1) is 18.2 Å². The molecule has 0 aliphatic heterocycles. The molecule has 1 N–H and O–H groups in total. The van der Waals surface area contributed by atoms with Gasteiger partial charge in [0.2, 0.25) is 0 Å². The first-order chi connectivity index (χ1) is 13.1. The number of nitrogens with zero attached hydrogens (tertiary/aromatic N) is 1. The molecule has 0 fully saturated rings. The smallest absolute Gasteiger partial charge is 0.325 e. The number of nitrogens with one attached hydrogen (secondary N) is 1. The number of hydrogen-bond acceptors (Lipinski definition) is 5. The summed E-state index contributed by atoms with van der Waals surface area (Å²) in [5.74, 6) is -0.240. The van der Waals surface area contributed by atoms with Crippen LogP contribution in [-0.2, 0) is 16.1 Å². The van der Waals surface area contributed by atoms with Gasteiger partial charge in [-0.2, -0.15) is 5.26 Å². The number of carbonyl (C=O) groups excluding carboxylic acids is 2. The zero-order chi connectivity index (χ0) is 19.5. The van der Waals surface area contributed by atoms with Crippen molar-refractivity contribution in [2.45, 2.75) is 26.4 Å². The lowest BCUT2D eigenvalue weighted by Crippen LogP contribution is -2.30. The molecule has 2 aromatic rings. The van der Waals surface area contributed by atoms with Crippen molar-refractivity contribution in [3.05, 3.63) is 65.2 Å². The van der Waals surface area contributed by atoms with Crippen LogP contribution in [0.2, 0.25) is 0 Å². The first-order valence-corrected chi connectivity index (χ1v) is 8.78. The number of amides is 1. The molecule has 2 aromatic carbocycles. The molecule has 0 heterocycles. The maximum atomic E-state index is 12.1. The molecule has 27 heavy (non-hydrogen) atoms. The van der Waals surface area contributed by atoms with Gasteiger partial charge in [-0.05, 0) is 36.8 Å².